The van der Waals surface area contributed by atoms with Crippen molar-refractivity contribution in [3.8, 4) is 11.5 Å². The van der Waals surface area contributed by atoms with Crippen LogP contribution in [0.3, 0.4) is 0 Å². The highest BCUT2D eigenvalue weighted by Gasteiger charge is 2.13. The van der Waals surface area contributed by atoms with Gasteiger partial charge in [-0.2, -0.15) is 0 Å². The number of hydrogen-bond acceptors (Lipinski definition) is 7. The number of benzene rings is 2. The first-order valence-corrected chi connectivity index (χ1v) is 9.18. The Morgan fingerprint density at radius 2 is 1.62 bits per heavy atom. The van der Waals surface area contributed by atoms with Crippen molar-refractivity contribution in [2.45, 2.75) is 13.8 Å². The first-order chi connectivity index (χ1) is 14.1. The van der Waals surface area contributed by atoms with Crippen molar-refractivity contribution in [2.24, 2.45) is 0 Å². The van der Waals surface area contributed by atoms with Crippen LogP contribution in [0, 0.1) is 0 Å². The largest absolute Gasteiger partial charge is 0.490 e. The SMILES string of the molecule is CCOc1ccc(NC(=O)COC(=O)c2ccc3nccnc3c2)cc1OCC. The van der Waals surface area contributed by atoms with E-state index in [1.807, 2.05) is 13.8 Å². The van der Waals surface area contributed by atoms with E-state index in [-0.39, 0.29) is 0 Å². The summed E-state index contributed by atoms with van der Waals surface area (Å²) < 4.78 is 16.1. The molecule has 0 atom stereocenters. The van der Waals surface area contributed by atoms with E-state index < -0.39 is 18.5 Å². The molecule has 8 nitrogen and oxygen atoms in total. The van der Waals surface area contributed by atoms with Crippen LogP contribution >= 0.6 is 0 Å². The summed E-state index contributed by atoms with van der Waals surface area (Å²) in [6.07, 6.45) is 3.11. The van der Waals surface area contributed by atoms with E-state index in [0.29, 0.717) is 47.0 Å². The van der Waals surface area contributed by atoms with Crippen LogP contribution in [0.15, 0.2) is 48.8 Å². The molecular formula is C21H21N3O5. The molecule has 3 rings (SSSR count). The quantitative estimate of drug-likeness (QED) is 0.585. The molecule has 0 aliphatic carbocycles. The number of rotatable bonds is 8. The van der Waals surface area contributed by atoms with Gasteiger partial charge in [0.2, 0.25) is 0 Å². The average Bonchev–Trinajstić information content (AvgIpc) is 2.74. The Bertz CT molecular complexity index is 1020. The van der Waals surface area contributed by atoms with Crippen molar-refractivity contribution in [3.63, 3.8) is 0 Å². The number of esters is 1. The summed E-state index contributed by atoms with van der Waals surface area (Å²) in [7, 11) is 0. The lowest BCUT2D eigenvalue weighted by atomic mass is 10.2. The van der Waals surface area contributed by atoms with Gasteiger partial charge in [0.15, 0.2) is 18.1 Å². The molecule has 0 radical (unpaired) electrons. The van der Waals surface area contributed by atoms with Crippen molar-refractivity contribution in [2.75, 3.05) is 25.1 Å². The van der Waals surface area contributed by atoms with Crippen molar-refractivity contribution < 1.29 is 23.8 Å². The molecule has 0 saturated heterocycles. The Morgan fingerprint density at radius 1 is 0.897 bits per heavy atom. The highest BCUT2D eigenvalue weighted by molar-refractivity contribution is 5.97. The molecule has 150 valence electrons. The van der Waals surface area contributed by atoms with E-state index in [1.165, 1.54) is 6.20 Å². The van der Waals surface area contributed by atoms with Gasteiger partial charge in [-0.25, -0.2) is 4.79 Å². The Labute approximate surface area is 167 Å². The van der Waals surface area contributed by atoms with Gasteiger partial charge in [0.1, 0.15) is 0 Å². The lowest BCUT2D eigenvalue weighted by molar-refractivity contribution is -0.119. The summed E-state index contributed by atoms with van der Waals surface area (Å²) >= 11 is 0. The lowest BCUT2D eigenvalue weighted by Crippen LogP contribution is -2.21. The van der Waals surface area contributed by atoms with Gasteiger partial charge in [-0.05, 0) is 44.2 Å². The summed E-state index contributed by atoms with van der Waals surface area (Å²) in [6.45, 7) is 4.28. The van der Waals surface area contributed by atoms with E-state index in [9.17, 15) is 9.59 Å². The van der Waals surface area contributed by atoms with Crippen molar-refractivity contribution >= 4 is 28.6 Å². The number of aromatic nitrogens is 2. The van der Waals surface area contributed by atoms with E-state index in [4.69, 9.17) is 14.2 Å². The van der Waals surface area contributed by atoms with E-state index >= 15 is 0 Å². The summed E-state index contributed by atoms with van der Waals surface area (Å²) in [5.74, 6) is 0.0412. The molecule has 0 aliphatic rings. The first-order valence-electron chi connectivity index (χ1n) is 9.18. The van der Waals surface area contributed by atoms with Crippen LogP contribution in [0.2, 0.25) is 0 Å². The monoisotopic (exact) mass is 395 g/mol. The molecule has 1 amide bonds. The number of nitrogens with one attached hydrogen (secondary N) is 1. The maximum Gasteiger partial charge on any atom is 0.338 e. The molecule has 0 saturated carbocycles. The average molecular weight is 395 g/mol. The van der Waals surface area contributed by atoms with Crippen LogP contribution in [0.1, 0.15) is 24.2 Å². The molecule has 1 heterocycles. The van der Waals surface area contributed by atoms with E-state index in [0.717, 1.165) is 0 Å². The minimum absolute atomic E-state index is 0.297. The zero-order valence-corrected chi connectivity index (χ0v) is 16.2. The smallest absolute Gasteiger partial charge is 0.338 e. The first kappa shape index (κ1) is 20.1. The number of ether oxygens (including phenoxy) is 3. The topological polar surface area (TPSA) is 99.6 Å². The number of nitrogens with zero attached hydrogens (tertiary/aromatic N) is 2. The highest BCUT2D eigenvalue weighted by Crippen LogP contribution is 2.30. The molecule has 0 spiro atoms. The third kappa shape index (κ3) is 5.19. The van der Waals surface area contributed by atoms with Crippen LogP contribution in [0.5, 0.6) is 11.5 Å². The molecule has 0 bridgehead atoms. The number of anilines is 1. The van der Waals surface area contributed by atoms with Gasteiger partial charge in [-0.1, -0.05) is 0 Å². The van der Waals surface area contributed by atoms with Crippen molar-refractivity contribution in [1.82, 2.24) is 9.97 Å². The minimum atomic E-state index is -0.616. The summed E-state index contributed by atoms with van der Waals surface area (Å²) in [5, 5.41) is 2.67. The summed E-state index contributed by atoms with van der Waals surface area (Å²) in [5.41, 5.74) is 2.05. The normalized spacial score (nSPS) is 10.4. The number of fused-ring (bicyclic) bond motifs is 1. The Hall–Kier alpha value is -3.68. The third-order valence-electron chi connectivity index (χ3n) is 3.87. The lowest BCUT2D eigenvalue weighted by Gasteiger charge is -2.13. The number of carbonyl (C=O) groups is 2. The molecule has 1 N–H and O–H groups in total. The van der Waals surface area contributed by atoms with Crippen LogP contribution in [-0.4, -0.2) is 41.7 Å². The van der Waals surface area contributed by atoms with E-state index in [2.05, 4.69) is 15.3 Å². The van der Waals surface area contributed by atoms with Crippen LogP contribution in [0.4, 0.5) is 5.69 Å². The zero-order chi connectivity index (χ0) is 20.6. The van der Waals surface area contributed by atoms with Gasteiger partial charge in [0, 0.05) is 24.1 Å². The molecule has 3 aromatic rings. The Morgan fingerprint density at radius 3 is 2.38 bits per heavy atom. The Kier molecular flexibility index (Phi) is 6.57. The molecule has 0 aliphatic heterocycles. The highest BCUT2D eigenvalue weighted by atomic mass is 16.5. The number of carbonyl (C=O) groups excluding carboxylic acids is 2. The molecule has 0 unspecified atom stereocenters. The fourth-order valence-electron chi connectivity index (χ4n) is 2.63. The summed E-state index contributed by atoms with van der Waals surface area (Å²) in [6, 6.07) is 9.90. The fourth-order valence-corrected chi connectivity index (χ4v) is 2.63. The summed E-state index contributed by atoms with van der Waals surface area (Å²) in [4.78, 5) is 32.7. The predicted molar refractivity (Wildman–Crippen MR) is 107 cm³/mol. The number of amides is 1. The Balaban J connectivity index is 1.60. The molecule has 0 fully saturated rings. The third-order valence-corrected chi connectivity index (χ3v) is 3.87. The molecule has 8 heteroatoms. The van der Waals surface area contributed by atoms with Gasteiger partial charge in [-0.3, -0.25) is 14.8 Å². The van der Waals surface area contributed by atoms with Crippen LogP contribution in [-0.2, 0) is 9.53 Å². The van der Waals surface area contributed by atoms with Crippen molar-refractivity contribution in [1.29, 1.82) is 0 Å². The zero-order valence-electron chi connectivity index (χ0n) is 16.2. The van der Waals surface area contributed by atoms with Crippen molar-refractivity contribution in [3.05, 3.63) is 54.4 Å². The maximum absolute atomic E-state index is 12.2. The maximum atomic E-state index is 12.2. The van der Waals surface area contributed by atoms with E-state index in [1.54, 1.807) is 42.6 Å². The van der Waals surface area contributed by atoms with Crippen LogP contribution < -0.4 is 14.8 Å². The molecule has 2 aromatic carbocycles. The predicted octanol–water partition coefficient (Wildman–Crippen LogP) is 3.22. The molecule has 29 heavy (non-hydrogen) atoms. The molecular weight excluding hydrogens is 374 g/mol. The second kappa shape index (κ2) is 9.50. The van der Waals surface area contributed by atoms with Gasteiger partial charge >= 0.3 is 5.97 Å². The molecule has 1 aromatic heterocycles. The second-order valence-corrected chi connectivity index (χ2v) is 5.91. The van der Waals surface area contributed by atoms with Gasteiger partial charge in [-0.15, -0.1) is 0 Å². The van der Waals surface area contributed by atoms with Gasteiger partial charge < -0.3 is 19.5 Å². The second-order valence-electron chi connectivity index (χ2n) is 5.91. The van der Waals surface area contributed by atoms with Gasteiger partial charge in [0.25, 0.3) is 5.91 Å². The van der Waals surface area contributed by atoms with Gasteiger partial charge in [0.05, 0.1) is 29.8 Å². The minimum Gasteiger partial charge on any atom is -0.490 e. The number of hydrogen-bond donors (Lipinski definition) is 1. The van der Waals surface area contributed by atoms with Crippen LogP contribution in [0.25, 0.3) is 11.0 Å². The standard InChI is InChI=1S/C21H21N3O5/c1-3-27-18-8-6-15(12-19(18)28-4-2)24-20(25)13-29-21(26)14-5-7-16-17(11-14)23-10-9-22-16/h5-12H,3-4,13H2,1-2H3,(H,24,25). The fraction of sp³-hybridized carbons (Fsp3) is 0.238.